The van der Waals surface area contributed by atoms with Gasteiger partial charge in [0.25, 0.3) is 0 Å². The fraction of sp³-hybridized carbons (Fsp3) is 0.476. The molecule has 11 heteroatoms. The number of aliphatic hydroxyl groups excluding tert-OH is 3. The third kappa shape index (κ3) is 7.15. The summed E-state index contributed by atoms with van der Waals surface area (Å²) in [6.07, 6.45) is 11.5. The van der Waals surface area contributed by atoms with E-state index in [9.17, 15) is 20.1 Å². The predicted octanol–water partition coefficient (Wildman–Crippen LogP) is 4.43. The largest absolute Gasteiger partial charge is 0.390 e. The Morgan fingerprint density at radius 3 is 2.45 bits per heavy atom. The summed E-state index contributed by atoms with van der Waals surface area (Å²) in [7, 11) is 2.14. The van der Waals surface area contributed by atoms with Gasteiger partial charge >= 0.3 is 0 Å². The van der Waals surface area contributed by atoms with E-state index >= 15 is 0 Å². The number of carbonyl (C=O) groups is 1. The summed E-state index contributed by atoms with van der Waals surface area (Å²) in [5.74, 6) is -0.433. The molecule has 0 bridgehead atoms. The maximum absolute atomic E-state index is 12.7. The number of amides is 1. The van der Waals surface area contributed by atoms with Gasteiger partial charge in [-0.25, -0.2) is 0 Å². The first-order chi connectivity index (χ1) is 25.4. The van der Waals surface area contributed by atoms with Crippen molar-refractivity contribution in [1.29, 1.82) is 0 Å². The smallest absolute Gasteiger partial charge is 0.220 e. The van der Waals surface area contributed by atoms with E-state index in [1.807, 2.05) is 0 Å². The van der Waals surface area contributed by atoms with Crippen LogP contribution in [-0.2, 0) is 33.5 Å². The van der Waals surface area contributed by atoms with E-state index in [0.717, 1.165) is 25.8 Å². The Morgan fingerprint density at radius 2 is 1.66 bits per heavy atom. The van der Waals surface area contributed by atoms with Crippen LogP contribution in [0.2, 0.25) is 0 Å². The number of fused-ring (bicyclic) bond motifs is 3. The molecule has 4 N–H and O–H groups in total. The molecule has 2 fully saturated rings. The number of unbranched alkanes of at least 4 members (excludes halogenated alkanes) is 2. The molecular weight excluding hydrogens is 668 g/mol. The molecule has 6 atom stereocenters. The molecule has 1 aromatic heterocycles. The van der Waals surface area contributed by atoms with Gasteiger partial charge in [-0.2, -0.15) is 4.58 Å². The van der Waals surface area contributed by atoms with Gasteiger partial charge in [-0.1, -0.05) is 80.1 Å². The van der Waals surface area contributed by atoms with Crippen LogP contribution >= 0.6 is 0 Å². The zero-order chi connectivity index (χ0) is 37.5. The van der Waals surface area contributed by atoms with Crippen LogP contribution in [0.5, 0.6) is 0 Å². The maximum Gasteiger partial charge on any atom is 0.220 e. The van der Waals surface area contributed by atoms with Gasteiger partial charge in [0, 0.05) is 53.4 Å². The topological polar surface area (TPSA) is 139 Å². The summed E-state index contributed by atoms with van der Waals surface area (Å²) in [6.45, 7) is 10.6. The number of ether oxygens (including phenoxy) is 1. The number of hydrogen-bond donors (Lipinski definition) is 4. The highest BCUT2D eigenvalue weighted by molar-refractivity contribution is 6.03. The summed E-state index contributed by atoms with van der Waals surface area (Å²) >= 11 is 0. The van der Waals surface area contributed by atoms with Crippen LogP contribution in [-0.4, -0.2) is 90.6 Å². The lowest BCUT2D eigenvalue weighted by Crippen LogP contribution is -2.52. The van der Waals surface area contributed by atoms with Crippen molar-refractivity contribution in [2.75, 3.05) is 18.5 Å². The quantitative estimate of drug-likeness (QED) is 0.0881. The normalized spacial score (nSPS) is 27.5. The van der Waals surface area contributed by atoms with Gasteiger partial charge in [0.05, 0.1) is 36.9 Å². The second-order valence-electron chi connectivity index (χ2n) is 15.9. The number of epoxide rings is 1. The van der Waals surface area contributed by atoms with Crippen molar-refractivity contribution in [2.24, 2.45) is 5.92 Å². The standard InChI is InChI=1S/C42H52N6O5/c1-41(2)29-16-11-13-18-31(29)46(5)33(41)20-8-6-9-21-34-42(3,4)30-17-12-14-19-32(30)48(34)23-15-7-10-22-35(49)43-24-27-25-47(45-44-27)26-28-36(50)37(51)38(52)40-39(28)53-40/h6,8-9,11-14,16-21,25,28,36-40,50-52H,7,10,15,22-24,26H2,1-5H3/p+1. The number of aliphatic hydroxyl groups is 3. The minimum atomic E-state index is -1.26. The van der Waals surface area contributed by atoms with Gasteiger partial charge in [-0.3, -0.25) is 9.48 Å². The average molecular weight is 722 g/mol. The number of allylic oxidation sites excluding steroid dienone is 6. The first-order valence-electron chi connectivity index (χ1n) is 18.9. The molecule has 1 aliphatic carbocycles. The predicted molar refractivity (Wildman–Crippen MR) is 204 cm³/mol. The van der Waals surface area contributed by atoms with E-state index in [4.69, 9.17) is 4.74 Å². The summed E-state index contributed by atoms with van der Waals surface area (Å²) in [6, 6.07) is 17.3. The van der Waals surface area contributed by atoms with Crippen LogP contribution < -0.4 is 10.2 Å². The molecule has 11 nitrogen and oxygen atoms in total. The van der Waals surface area contributed by atoms with Crippen molar-refractivity contribution >= 4 is 23.0 Å². The minimum absolute atomic E-state index is 0.0331. The molecule has 4 aliphatic rings. The molecule has 1 saturated carbocycles. The monoisotopic (exact) mass is 721 g/mol. The molecule has 2 aromatic carbocycles. The van der Waals surface area contributed by atoms with E-state index in [-0.39, 0.29) is 29.4 Å². The fourth-order valence-corrected chi connectivity index (χ4v) is 8.59. The van der Waals surface area contributed by atoms with Gasteiger partial charge in [-0.15, -0.1) is 5.10 Å². The lowest BCUT2D eigenvalue weighted by molar-refractivity contribution is -0.401. The van der Waals surface area contributed by atoms with Crippen molar-refractivity contribution in [3.05, 3.63) is 108 Å². The van der Waals surface area contributed by atoms with Crippen LogP contribution in [0.4, 0.5) is 11.4 Å². The van der Waals surface area contributed by atoms with Gasteiger partial charge < -0.3 is 30.3 Å². The van der Waals surface area contributed by atoms with Crippen LogP contribution in [0.1, 0.15) is 70.2 Å². The molecular formula is C42H53N6O5+. The molecule has 7 rings (SSSR count). The molecule has 0 spiro atoms. The van der Waals surface area contributed by atoms with Crippen LogP contribution in [0, 0.1) is 5.92 Å². The Balaban J connectivity index is 0.892. The minimum Gasteiger partial charge on any atom is -0.390 e. The first-order valence-corrected chi connectivity index (χ1v) is 18.9. The van der Waals surface area contributed by atoms with E-state index in [1.54, 1.807) is 10.9 Å². The Kier molecular flexibility index (Phi) is 10.3. The zero-order valence-corrected chi connectivity index (χ0v) is 31.4. The average Bonchev–Trinajstić information content (AvgIpc) is 3.71. The molecule has 4 heterocycles. The Hall–Kier alpha value is -4.42. The summed E-state index contributed by atoms with van der Waals surface area (Å²) in [4.78, 5) is 15.1. The number of nitrogens with zero attached hydrogens (tertiary/aromatic N) is 5. The van der Waals surface area contributed by atoms with Crippen molar-refractivity contribution in [1.82, 2.24) is 20.3 Å². The summed E-state index contributed by atoms with van der Waals surface area (Å²) in [5.41, 5.74) is 8.14. The number of carbonyl (C=O) groups excluding carboxylic acids is 1. The maximum atomic E-state index is 12.7. The van der Waals surface area contributed by atoms with Crippen LogP contribution in [0.25, 0.3) is 0 Å². The fourth-order valence-electron chi connectivity index (χ4n) is 8.59. The number of benzene rings is 2. The van der Waals surface area contributed by atoms with E-state index < -0.39 is 30.3 Å². The second kappa shape index (κ2) is 14.8. The van der Waals surface area contributed by atoms with Crippen molar-refractivity contribution in [3.8, 4) is 0 Å². The van der Waals surface area contributed by atoms with Crippen LogP contribution in [0.3, 0.4) is 0 Å². The summed E-state index contributed by atoms with van der Waals surface area (Å²) in [5, 5.41) is 41.7. The first kappa shape index (κ1) is 36.9. The molecule has 280 valence electrons. The molecule has 53 heavy (non-hydrogen) atoms. The third-order valence-electron chi connectivity index (χ3n) is 11.7. The zero-order valence-electron chi connectivity index (χ0n) is 31.4. The SMILES string of the molecule is C[N+]1=C(C=CC=CC=C2N(CCCCCC(=O)NCc3cn(CC4C(O)C(O)C(O)C5OC45)nn3)c3ccccc3C2(C)C)C(C)(C)c2ccccc21. The lowest BCUT2D eigenvalue weighted by atomic mass is 9.81. The van der Waals surface area contributed by atoms with Crippen molar-refractivity contribution < 1.29 is 29.4 Å². The lowest BCUT2D eigenvalue weighted by Gasteiger charge is -2.31. The number of nitrogens with one attached hydrogen (secondary N) is 1. The highest BCUT2D eigenvalue weighted by Crippen LogP contribution is 2.48. The highest BCUT2D eigenvalue weighted by Gasteiger charge is 2.60. The number of anilines is 1. The van der Waals surface area contributed by atoms with Gasteiger partial charge in [0.2, 0.25) is 11.6 Å². The van der Waals surface area contributed by atoms with Crippen LogP contribution in [0.15, 0.2) is 90.8 Å². The van der Waals surface area contributed by atoms with Crippen molar-refractivity contribution in [2.45, 2.75) is 108 Å². The third-order valence-corrected chi connectivity index (χ3v) is 11.7. The number of para-hydroxylation sites is 2. The molecule has 3 aromatic rings. The van der Waals surface area contributed by atoms with Gasteiger partial charge in [0.1, 0.15) is 31.1 Å². The summed E-state index contributed by atoms with van der Waals surface area (Å²) < 4.78 is 9.34. The molecule has 3 aliphatic heterocycles. The molecule has 1 amide bonds. The van der Waals surface area contributed by atoms with Gasteiger partial charge in [0.15, 0.2) is 5.71 Å². The van der Waals surface area contributed by atoms with E-state index in [2.05, 4.69) is 139 Å². The molecule has 1 saturated heterocycles. The van der Waals surface area contributed by atoms with E-state index in [1.165, 1.54) is 33.9 Å². The Labute approximate surface area is 312 Å². The number of aromatic nitrogens is 3. The Bertz CT molecular complexity index is 1960. The number of rotatable bonds is 13. The molecule has 0 radical (unpaired) electrons. The van der Waals surface area contributed by atoms with Crippen molar-refractivity contribution in [3.63, 3.8) is 0 Å². The number of hydrogen-bond acceptors (Lipinski definition) is 8. The second-order valence-corrected chi connectivity index (χ2v) is 15.9. The highest BCUT2D eigenvalue weighted by atomic mass is 16.6. The Morgan fingerprint density at radius 1 is 0.906 bits per heavy atom. The van der Waals surface area contributed by atoms with E-state index in [0.29, 0.717) is 18.7 Å². The van der Waals surface area contributed by atoms with Gasteiger partial charge in [-0.05, 0) is 44.4 Å². The molecule has 6 unspecified atom stereocenters.